The number of para-hydroxylation sites is 1. The van der Waals surface area contributed by atoms with E-state index >= 15 is 0 Å². The number of nitrogens with one attached hydrogen (secondary N) is 1. The first-order chi connectivity index (χ1) is 9.86. The summed E-state index contributed by atoms with van der Waals surface area (Å²) in [4.78, 5) is 8.60. The summed E-state index contributed by atoms with van der Waals surface area (Å²) in [7, 11) is 0. The maximum Gasteiger partial charge on any atom is 0.124 e. The predicted molar refractivity (Wildman–Crippen MR) is 79.8 cm³/mol. The summed E-state index contributed by atoms with van der Waals surface area (Å²) < 4.78 is 5.73. The van der Waals surface area contributed by atoms with Crippen LogP contribution in [0.3, 0.4) is 0 Å². The van der Waals surface area contributed by atoms with Gasteiger partial charge < -0.3 is 10.1 Å². The van der Waals surface area contributed by atoms with Crippen LogP contribution in [0.5, 0.6) is 5.75 Å². The molecule has 2 aromatic rings. The Kier molecular flexibility index (Phi) is 5.50. The van der Waals surface area contributed by atoms with Crippen LogP contribution in [0.25, 0.3) is 0 Å². The van der Waals surface area contributed by atoms with Crippen LogP contribution in [0.1, 0.15) is 37.6 Å². The molecule has 2 rings (SSSR count). The van der Waals surface area contributed by atoms with Gasteiger partial charge >= 0.3 is 0 Å². The molecule has 0 aliphatic carbocycles. The van der Waals surface area contributed by atoms with Crippen molar-refractivity contribution in [2.24, 2.45) is 0 Å². The van der Waals surface area contributed by atoms with E-state index in [4.69, 9.17) is 4.74 Å². The molecule has 1 aromatic heterocycles. The van der Waals surface area contributed by atoms with Crippen molar-refractivity contribution < 1.29 is 4.74 Å². The normalized spacial score (nSPS) is 12.1. The molecule has 0 bridgehead atoms. The van der Waals surface area contributed by atoms with E-state index in [1.807, 2.05) is 25.1 Å². The van der Waals surface area contributed by atoms with E-state index in [1.54, 1.807) is 18.6 Å². The van der Waals surface area contributed by atoms with Crippen molar-refractivity contribution >= 4 is 0 Å². The van der Waals surface area contributed by atoms with Crippen LogP contribution in [0.15, 0.2) is 42.9 Å². The lowest BCUT2D eigenvalue weighted by atomic mass is 10.0. The van der Waals surface area contributed by atoms with E-state index in [0.717, 1.165) is 30.0 Å². The molecular weight excluding hydrogens is 250 g/mol. The Morgan fingerprint density at radius 3 is 2.75 bits per heavy atom. The zero-order valence-electron chi connectivity index (χ0n) is 12.0. The Morgan fingerprint density at radius 2 is 2.05 bits per heavy atom. The highest BCUT2D eigenvalue weighted by molar-refractivity contribution is 5.39. The topological polar surface area (TPSA) is 47.0 Å². The monoisotopic (exact) mass is 271 g/mol. The zero-order chi connectivity index (χ0) is 14.2. The molecule has 4 nitrogen and oxygen atoms in total. The van der Waals surface area contributed by atoms with Gasteiger partial charge in [-0.25, -0.2) is 0 Å². The Bertz CT molecular complexity index is 516. The molecule has 1 aromatic carbocycles. The summed E-state index contributed by atoms with van der Waals surface area (Å²) >= 11 is 0. The molecule has 1 unspecified atom stereocenters. The third kappa shape index (κ3) is 3.54. The van der Waals surface area contributed by atoms with Crippen molar-refractivity contribution in [3.8, 4) is 5.75 Å². The molecular formula is C16H21N3O. The largest absolute Gasteiger partial charge is 0.494 e. The second-order valence-corrected chi connectivity index (χ2v) is 4.49. The van der Waals surface area contributed by atoms with Gasteiger partial charge in [-0.3, -0.25) is 9.97 Å². The smallest absolute Gasteiger partial charge is 0.124 e. The summed E-state index contributed by atoms with van der Waals surface area (Å²) in [6.45, 7) is 5.71. The summed E-state index contributed by atoms with van der Waals surface area (Å²) in [5, 5.41) is 3.52. The number of hydrogen-bond donors (Lipinski definition) is 1. The van der Waals surface area contributed by atoms with Crippen molar-refractivity contribution in [2.75, 3.05) is 13.2 Å². The van der Waals surface area contributed by atoms with Crippen molar-refractivity contribution in [2.45, 2.75) is 26.3 Å². The highest BCUT2D eigenvalue weighted by Gasteiger charge is 2.18. The lowest BCUT2D eigenvalue weighted by Crippen LogP contribution is -2.24. The first kappa shape index (κ1) is 14.5. The van der Waals surface area contributed by atoms with Gasteiger partial charge in [0, 0.05) is 18.0 Å². The fraction of sp³-hybridized carbons (Fsp3) is 0.375. The Hall–Kier alpha value is -1.94. The first-order valence-electron chi connectivity index (χ1n) is 7.07. The molecule has 1 N–H and O–H groups in total. The number of hydrogen-bond acceptors (Lipinski definition) is 4. The minimum Gasteiger partial charge on any atom is -0.494 e. The molecule has 1 heterocycles. The number of benzene rings is 1. The SMILES string of the molecule is CCCNC(c1cnccn1)c1ccccc1OCC. The molecule has 106 valence electrons. The lowest BCUT2D eigenvalue weighted by Gasteiger charge is -2.21. The maximum absolute atomic E-state index is 5.73. The lowest BCUT2D eigenvalue weighted by molar-refractivity contribution is 0.333. The average Bonchev–Trinajstić information content (AvgIpc) is 2.50. The molecule has 0 radical (unpaired) electrons. The fourth-order valence-electron chi connectivity index (χ4n) is 2.13. The zero-order valence-corrected chi connectivity index (χ0v) is 12.0. The minimum absolute atomic E-state index is 0.00593. The molecule has 0 amide bonds. The Labute approximate surface area is 120 Å². The van der Waals surface area contributed by atoms with Crippen molar-refractivity contribution in [3.05, 3.63) is 54.1 Å². The van der Waals surface area contributed by atoms with Crippen LogP contribution in [0.4, 0.5) is 0 Å². The Morgan fingerprint density at radius 1 is 1.20 bits per heavy atom. The van der Waals surface area contributed by atoms with E-state index in [-0.39, 0.29) is 6.04 Å². The van der Waals surface area contributed by atoms with Crippen LogP contribution >= 0.6 is 0 Å². The highest BCUT2D eigenvalue weighted by atomic mass is 16.5. The van der Waals surface area contributed by atoms with E-state index in [0.29, 0.717) is 6.61 Å². The third-order valence-electron chi connectivity index (χ3n) is 3.01. The summed E-state index contributed by atoms with van der Waals surface area (Å²) in [6, 6.07) is 8.09. The van der Waals surface area contributed by atoms with Gasteiger partial charge in [-0.05, 0) is 26.0 Å². The van der Waals surface area contributed by atoms with Crippen molar-refractivity contribution in [1.29, 1.82) is 0 Å². The number of rotatable bonds is 7. The standard InChI is InChI=1S/C16H21N3O/c1-3-9-19-16(14-12-17-10-11-18-14)13-7-5-6-8-15(13)20-4-2/h5-8,10-12,16,19H,3-4,9H2,1-2H3. The first-order valence-corrected chi connectivity index (χ1v) is 7.07. The van der Waals surface area contributed by atoms with Crippen LogP contribution in [0.2, 0.25) is 0 Å². The average molecular weight is 271 g/mol. The minimum atomic E-state index is 0.00593. The van der Waals surface area contributed by atoms with Gasteiger partial charge in [0.25, 0.3) is 0 Å². The third-order valence-corrected chi connectivity index (χ3v) is 3.01. The second-order valence-electron chi connectivity index (χ2n) is 4.49. The van der Waals surface area contributed by atoms with E-state index in [1.165, 1.54) is 0 Å². The van der Waals surface area contributed by atoms with Gasteiger partial charge in [-0.2, -0.15) is 0 Å². The van der Waals surface area contributed by atoms with E-state index in [9.17, 15) is 0 Å². The van der Waals surface area contributed by atoms with Crippen LogP contribution in [-0.4, -0.2) is 23.1 Å². The molecule has 4 heteroatoms. The fourth-order valence-corrected chi connectivity index (χ4v) is 2.13. The molecule has 0 fully saturated rings. The quantitative estimate of drug-likeness (QED) is 0.841. The van der Waals surface area contributed by atoms with Gasteiger partial charge in [-0.15, -0.1) is 0 Å². The second kappa shape index (κ2) is 7.60. The number of aromatic nitrogens is 2. The van der Waals surface area contributed by atoms with E-state index in [2.05, 4.69) is 28.3 Å². The van der Waals surface area contributed by atoms with Gasteiger partial charge in [0.2, 0.25) is 0 Å². The van der Waals surface area contributed by atoms with Crippen molar-refractivity contribution in [3.63, 3.8) is 0 Å². The number of ether oxygens (including phenoxy) is 1. The van der Waals surface area contributed by atoms with Gasteiger partial charge in [0.1, 0.15) is 5.75 Å². The summed E-state index contributed by atoms with van der Waals surface area (Å²) in [5.41, 5.74) is 2.01. The summed E-state index contributed by atoms with van der Waals surface area (Å²) in [6.07, 6.45) is 6.28. The molecule has 0 aliphatic rings. The molecule has 0 saturated heterocycles. The molecule has 0 aliphatic heterocycles. The predicted octanol–water partition coefficient (Wildman–Crippen LogP) is 2.96. The molecule has 0 spiro atoms. The van der Waals surface area contributed by atoms with Crippen LogP contribution in [-0.2, 0) is 0 Å². The molecule has 0 saturated carbocycles. The van der Waals surface area contributed by atoms with Crippen molar-refractivity contribution in [1.82, 2.24) is 15.3 Å². The molecule has 20 heavy (non-hydrogen) atoms. The van der Waals surface area contributed by atoms with Gasteiger partial charge in [0.05, 0.1) is 24.5 Å². The number of nitrogens with zero attached hydrogens (tertiary/aromatic N) is 2. The summed E-state index contributed by atoms with van der Waals surface area (Å²) in [5.74, 6) is 0.897. The van der Waals surface area contributed by atoms with E-state index < -0.39 is 0 Å². The van der Waals surface area contributed by atoms with Crippen LogP contribution < -0.4 is 10.1 Å². The highest BCUT2D eigenvalue weighted by Crippen LogP contribution is 2.28. The van der Waals surface area contributed by atoms with Gasteiger partial charge in [-0.1, -0.05) is 25.1 Å². The Balaban J connectivity index is 2.36. The maximum atomic E-state index is 5.73. The van der Waals surface area contributed by atoms with Crippen LogP contribution in [0, 0.1) is 0 Å². The molecule has 1 atom stereocenters. The van der Waals surface area contributed by atoms with Gasteiger partial charge in [0.15, 0.2) is 0 Å².